The van der Waals surface area contributed by atoms with E-state index in [0.29, 0.717) is 0 Å². The maximum Gasteiger partial charge on any atom is 0.136 e. The number of thioether (sulfide) groups is 1. The van der Waals surface area contributed by atoms with Gasteiger partial charge in [-0.3, -0.25) is 0 Å². The van der Waals surface area contributed by atoms with E-state index in [1.54, 1.807) is 11.8 Å². The molecule has 0 amide bonds. The van der Waals surface area contributed by atoms with Crippen LogP contribution in [0.2, 0.25) is 0 Å². The molecule has 0 fully saturated rings. The van der Waals surface area contributed by atoms with Crippen molar-refractivity contribution in [2.75, 3.05) is 5.75 Å². The third kappa shape index (κ3) is 8.36. The molecule has 0 rings (SSSR count). The van der Waals surface area contributed by atoms with Crippen molar-refractivity contribution >= 4 is 23.7 Å². The van der Waals surface area contributed by atoms with Crippen molar-refractivity contribution in [1.82, 2.24) is 4.72 Å². The lowest BCUT2D eigenvalue weighted by molar-refractivity contribution is 0.641. The minimum Gasteiger partial charge on any atom is -0.700 e. The van der Waals surface area contributed by atoms with E-state index in [0.717, 1.165) is 24.3 Å². The predicted octanol–water partition coefficient (Wildman–Crippen LogP) is 3.92. The Kier molecular flexibility index (Phi) is 8.42. The Labute approximate surface area is 109 Å². The summed E-state index contributed by atoms with van der Waals surface area (Å²) in [5.74, 6) is 1.04. The van der Waals surface area contributed by atoms with Crippen LogP contribution in [0.1, 0.15) is 47.5 Å². The fourth-order valence-corrected chi connectivity index (χ4v) is 2.43. The molecule has 0 heterocycles. The van der Waals surface area contributed by atoms with Crippen molar-refractivity contribution < 1.29 is 0 Å². The molecular weight excluding hydrogens is 236 g/mol. The first-order chi connectivity index (χ1) is 7.40. The van der Waals surface area contributed by atoms with Gasteiger partial charge in [-0.2, -0.15) is 0 Å². The van der Waals surface area contributed by atoms with Gasteiger partial charge in [-0.25, -0.2) is 0 Å². The van der Waals surface area contributed by atoms with Gasteiger partial charge in [-0.1, -0.05) is 20.3 Å². The van der Waals surface area contributed by atoms with Gasteiger partial charge in [0.1, 0.15) is 4.75 Å². The molecule has 4 heteroatoms. The standard InChI is InChI=1S/C12H25N2S2/c1-6-8-11(10(13)9-15-7-2)14-16-12(3,4)5/h9,11,13-14H,6-8H2,1-5H3/q-1/p+1/b10-9-. The Morgan fingerprint density at radius 2 is 2.06 bits per heavy atom. The average Bonchev–Trinajstić information content (AvgIpc) is 2.19. The number of thiol groups is 1. The van der Waals surface area contributed by atoms with E-state index in [1.807, 2.05) is 5.41 Å². The number of nitrogens with one attached hydrogen (secondary N) is 2. The molecule has 0 aliphatic rings. The van der Waals surface area contributed by atoms with E-state index in [4.69, 9.17) is 5.73 Å². The first-order valence-electron chi connectivity index (χ1n) is 5.91. The van der Waals surface area contributed by atoms with E-state index < -0.39 is 0 Å². The van der Waals surface area contributed by atoms with E-state index in [2.05, 4.69) is 39.3 Å². The van der Waals surface area contributed by atoms with Gasteiger partial charge in [0, 0.05) is 0 Å². The molecule has 16 heavy (non-hydrogen) atoms. The third-order valence-corrected chi connectivity index (χ3v) is 3.75. The van der Waals surface area contributed by atoms with Crippen LogP contribution < -0.4 is 4.72 Å². The summed E-state index contributed by atoms with van der Waals surface area (Å²) >= 11 is 2.93. The summed E-state index contributed by atoms with van der Waals surface area (Å²) in [4.78, 5) is 0. The van der Waals surface area contributed by atoms with Crippen LogP contribution >= 0.6 is 11.8 Å². The highest BCUT2D eigenvalue weighted by atomic mass is 32.2. The van der Waals surface area contributed by atoms with Crippen molar-refractivity contribution in [1.29, 1.82) is 0 Å². The fraction of sp³-hybridized carbons (Fsp3) is 0.833. The molecule has 0 aliphatic heterocycles. The lowest BCUT2D eigenvalue weighted by Crippen LogP contribution is -2.36. The van der Waals surface area contributed by atoms with Gasteiger partial charge < -0.3 is 5.73 Å². The van der Waals surface area contributed by atoms with Crippen LogP contribution in [0, 0.1) is 0 Å². The van der Waals surface area contributed by atoms with Crippen LogP contribution in [0.4, 0.5) is 0 Å². The minimum absolute atomic E-state index is 0.213. The summed E-state index contributed by atoms with van der Waals surface area (Å²) in [6, 6.07) is 0.213. The molecule has 0 radical (unpaired) electrons. The average molecular weight is 262 g/mol. The van der Waals surface area contributed by atoms with Gasteiger partial charge in [0.2, 0.25) is 0 Å². The number of hydrogen-bond donors (Lipinski definition) is 1. The lowest BCUT2D eigenvalue weighted by Gasteiger charge is -2.22. The molecule has 0 spiro atoms. The third-order valence-electron chi connectivity index (χ3n) is 1.89. The zero-order valence-corrected chi connectivity index (χ0v) is 12.8. The van der Waals surface area contributed by atoms with Gasteiger partial charge >= 0.3 is 0 Å². The van der Waals surface area contributed by atoms with E-state index in [9.17, 15) is 0 Å². The van der Waals surface area contributed by atoms with Gasteiger partial charge in [0.05, 0.1) is 18.0 Å². The number of rotatable bonds is 7. The molecule has 0 saturated carbocycles. The van der Waals surface area contributed by atoms with E-state index >= 15 is 0 Å². The zero-order chi connectivity index (χ0) is 12.6. The predicted molar refractivity (Wildman–Crippen MR) is 80.9 cm³/mol. The highest BCUT2D eigenvalue weighted by Gasteiger charge is 2.22. The number of hydrogen-bond acceptors (Lipinski definition) is 2. The molecule has 0 aliphatic carbocycles. The van der Waals surface area contributed by atoms with Gasteiger partial charge in [0.15, 0.2) is 0 Å². The summed E-state index contributed by atoms with van der Waals surface area (Å²) in [6.45, 7) is 10.9. The van der Waals surface area contributed by atoms with Crippen LogP contribution in [0.3, 0.4) is 0 Å². The molecule has 0 aromatic carbocycles. The highest BCUT2D eigenvalue weighted by Crippen LogP contribution is 2.16. The molecule has 2 N–H and O–H groups in total. The summed E-state index contributed by atoms with van der Waals surface area (Å²) in [7, 11) is 0. The van der Waals surface area contributed by atoms with E-state index in [1.165, 1.54) is 11.9 Å². The summed E-state index contributed by atoms with van der Waals surface area (Å²) in [6.07, 6.45) is 2.16. The Balaban J connectivity index is 4.25. The highest BCUT2D eigenvalue weighted by molar-refractivity contribution is 8.02. The van der Waals surface area contributed by atoms with Crippen molar-refractivity contribution in [2.45, 2.75) is 58.2 Å². The fourth-order valence-electron chi connectivity index (χ4n) is 1.11. The zero-order valence-electron chi connectivity index (χ0n) is 11.1. The Bertz CT molecular complexity index is 210. The molecule has 1 atom stereocenters. The maximum atomic E-state index is 8.02. The Morgan fingerprint density at radius 3 is 2.50 bits per heavy atom. The minimum atomic E-state index is 0.213. The van der Waals surface area contributed by atoms with Gasteiger partial charge in [-0.05, 0) is 38.4 Å². The monoisotopic (exact) mass is 262 g/mol. The SMILES string of the molecule is CCCC(N[SH+]C(C)(C)C)/C([NH-])=C/SCC. The Morgan fingerprint density at radius 1 is 1.44 bits per heavy atom. The summed E-state index contributed by atoms with van der Waals surface area (Å²) in [5.41, 5.74) is 8.74. The van der Waals surface area contributed by atoms with E-state index in [-0.39, 0.29) is 10.8 Å². The summed E-state index contributed by atoms with van der Waals surface area (Å²) in [5, 5.41) is 1.98. The second kappa shape index (κ2) is 8.31. The molecular formula is C12H26N2S2. The van der Waals surface area contributed by atoms with Crippen molar-refractivity contribution in [3.63, 3.8) is 0 Å². The maximum absolute atomic E-state index is 8.02. The van der Waals surface area contributed by atoms with Crippen LogP contribution in [-0.4, -0.2) is 16.5 Å². The van der Waals surface area contributed by atoms with Crippen LogP contribution in [0.15, 0.2) is 11.1 Å². The molecule has 0 bridgehead atoms. The second-order valence-electron chi connectivity index (χ2n) is 4.78. The van der Waals surface area contributed by atoms with Crippen LogP contribution in [0.25, 0.3) is 5.73 Å². The van der Waals surface area contributed by atoms with Crippen molar-refractivity contribution in [2.24, 2.45) is 0 Å². The smallest absolute Gasteiger partial charge is 0.136 e. The molecule has 0 aromatic heterocycles. The quantitative estimate of drug-likeness (QED) is 0.557. The molecule has 1 unspecified atom stereocenters. The van der Waals surface area contributed by atoms with Gasteiger partial charge in [0.25, 0.3) is 0 Å². The molecule has 96 valence electrons. The Hall–Kier alpha value is 0.200. The lowest BCUT2D eigenvalue weighted by atomic mass is 10.1. The van der Waals surface area contributed by atoms with Crippen molar-refractivity contribution in [3.8, 4) is 0 Å². The second-order valence-corrected chi connectivity index (χ2v) is 7.75. The molecule has 0 saturated heterocycles. The van der Waals surface area contributed by atoms with Crippen molar-refractivity contribution in [3.05, 3.63) is 16.8 Å². The first kappa shape index (κ1) is 16.2. The topological polar surface area (TPSA) is 35.8 Å². The largest absolute Gasteiger partial charge is 0.700 e. The first-order valence-corrected chi connectivity index (χ1v) is 7.85. The normalized spacial score (nSPS) is 15.2. The molecule has 0 aromatic rings. The van der Waals surface area contributed by atoms with Gasteiger partial charge in [-0.15, -0.1) is 22.2 Å². The van der Waals surface area contributed by atoms with Crippen LogP contribution in [0.5, 0.6) is 0 Å². The van der Waals surface area contributed by atoms with Crippen LogP contribution in [-0.2, 0) is 11.9 Å². The summed E-state index contributed by atoms with van der Waals surface area (Å²) < 4.78 is 3.73. The molecule has 2 nitrogen and oxygen atoms in total.